The van der Waals surface area contributed by atoms with E-state index >= 15 is 0 Å². The van der Waals surface area contributed by atoms with Crippen LogP contribution in [0.4, 0.5) is 0 Å². The number of Topliss-reactive ketones (excluding diaryl/α,β-unsaturated/α-hetero) is 1. The molecule has 0 radical (unpaired) electrons. The molecule has 17 heavy (non-hydrogen) atoms. The Balaban J connectivity index is 2.25. The number of ether oxygens (including phenoxy) is 1. The number of hydrogen-bond donors (Lipinski definition) is 1. The van der Waals surface area contributed by atoms with Crippen LogP contribution in [0.25, 0.3) is 0 Å². The average Bonchev–Trinajstić information content (AvgIpc) is 2.75. The lowest BCUT2D eigenvalue weighted by molar-refractivity contribution is 0.0892. The SMILES string of the molecule is CC(C)C(CN)C(=O)c1ccc2c(c1)CCO2. The standard InChI is InChI=1S/C14H19NO2/c1-9(2)12(8-15)14(16)11-3-4-13-10(7-11)5-6-17-13/h3-4,7,9,12H,5-6,8,15H2,1-2H3. The molecule has 2 rings (SSSR count). The quantitative estimate of drug-likeness (QED) is 0.810. The Morgan fingerprint density at radius 3 is 2.88 bits per heavy atom. The maximum Gasteiger partial charge on any atom is 0.167 e. The van der Waals surface area contributed by atoms with Crippen LogP contribution in [0, 0.1) is 11.8 Å². The highest BCUT2D eigenvalue weighted by atomic mass is 16.5. The highest BCUT2D eigenvalue weighted by Gasteiger charge is 2.23. The highest BCUT2D eigenvalue weighted by molar-refractivity contribution is 5.98. The van der Waals surface area contributed by atoms with Gasteiger partial charge < -0.3 is 10.5 Å². The first-order chi connectivity index (χ1) is 8.13. The number of rotatable bonds is 4. The topological polar surface area (TPSA) is 52.3 Å². The Kier molecular flexibility index (Phi) is 3.48. The summed E-state index contributed by atoms with van der Waals surface area (Å²) in [5, 5.41) is 0. The van der Waals surface area contributed by atoms with E-state index in [0.717, 1.165) is 29.9 Å². The number of benzene rings is 1. The maximum absolute atomic E-state index is 12.3. The average molecular weight is 233 g/mol. The van der Waals surface area contributed by atoms with Gasteiger partial charge in [-0.1, -0.05) is 13.8 Å². The van der Waals surface area contributed by atoms with Crippen molar-refractivity contribution in [3.05, 3.63) is 29.3 Å². The van der Waals surface area contributed by atoms with Crippen LogP contribution in [0.5, 0.6) is 5.75 Å². The summed E-state index contributed by atoms with van der Waals surface area (Å²) in [7, 11) is 0. The van der Waals surface area contributed by atoms with E-state index in [1.54, 1.807) is 0 Å². The van der Waals surface area contributed by atoms with Gasteiger partial charge >= 0.3 is 0 Å². The van der Waals surface area contributed by atoms with Crippen molar-refractivity contribution in [3.63, 3.8) is 0 Å². The number of fused-ring (bicyclic) bond motifs is 1. The fourth-order valence-corrected chi connectivity index (χ4v) is 2.24. The number of hydrogen-bond acceptors (Lipinski definition) is 3. The fourth-order valence-electron chi connectivity index (χ4n) is 2.24. The molecule has 92 valence electrons. The van der Waals surface area contributed by atoms with Crippen LogP contribution >= 0.6 is 0 Å². The van der Waals surface area contributed by atoms with Crippen molar-refractivity contribution in [1.82, 2.24) is 0 Å². The third kappa shape index (κ3) is 2.34. The van der Waals surface area contributed by atoms with Gasteiger partial charge in [-0.3, -0.25) is 4.79 Å². The highest BCUT2D eigenvalue weighted by Crippen LogP contribution is 2.27. The molecule has 0 amide bonds. The minimum atomic E-state index is -0.0876. The predicted octanol–water partition coefficient (Wildman–Crippen LogP) is 2.04. The number of carbonyl (C=O) groups is 1. The van der Waals surface area contributed by atoms with E-state index < -0.39 is 0 Å². The number of nitrogens with two attached hydrogens (primary N) is 1. The molecule has 1 aromatic carbocycles. The molecule has 1 aliphatic rings. The summed E-state index contributed by atoms with van der Waals surface area (Å²) in [6.07, 6.45) is 0.894. The van der Waals surface area contributed by atoms with Gasteiger partial charge in [-0.05, 0) is 29.7 Å². The Morgan fingerprint density at radius 1 is 1.47 bits per heavy atom. The van der Waals surface area contributed by atoms with Gasteiger partial charge in [-0.25, -0.2) is 0 Å². The van der Waals surface area contributed by atoms with E-state index in [1.165, 1.54) is 0 Å². The zero-order valence-electron chi connectivity index (χ0n) is 10.4. The molecule has 0 saturated carbocycles. The van der Waals surface area contributed by atoms with Crippen LogP contribution in [0.2, 0.25) is 0 Å². The van der Waals surface area contributed by atoms with Gasteiger partial charge in [0.25, 0.3) is 0 Å². The van der Waals surface area contributed by atoms with E-state index in [4.69, 9.17) is 10.5 Å². The lowest BCUT2D eigenvalue weighted by Crippen LogP contribution is -2.28. The zero-order valence-corrected chi connectivity index (χ0v) is 10.4. The second-order valence-electron chi connectivity index (χ2n) is 4.87. The van der Waals surface area contributed by atoms with Crippen molar-refractivity contribution in [1.29, 1.82) is 0 Å². The second-order valence-corrected chi connectivity index (χ2v) is 4.87. The van der Waals surface area contributed by atoms with Crippen molar-refractivity contribution in [2.24, 2.45) is 17.6 Å². The molecule has 1 aromatic rings. The smallest absolute Gasteiger partial charge is 0.167 e. The van der Waals surface area contributed by atoms with E-state index in [0.29, 0.717) is 6.54 Å². The summed E-state index contributed by atoms with van der Waals surface area (Å²) in [4.78, 5) is 12.3. The van der Waals surface area contributed by atoms with Crippen molar-refractivity contribution in [2.45, 2.75) is 20.3 Å². The molecule has 3 heteroatoms. The molecule has 1 atom stereocenters. The van der Waals surface area contributed by atoms with E-state index in [9.17, 15) is 4.79 Å². The summed E-state index contributed by atoms with van der Waals surface area (Å²) >= 11 is 0. The minimum Gasteiger partial charge on any atom is -0.493 e. The first-order valence-electron chi connectivity index (χ1n) is 6.13. The van der Waals surface area contributed by atoms with Crippen molar-refractivity contribution in [3.8, 4) is 5.75 Å². The van der Waals surface area contributed by atoms with E-state index in [-0.39, 0.29) is 17.6 Å². The van der Waals surface area contributed by atoms with Gasteiger partial charge in [-0.2, -0.15) is 0 Å². The maximum atomic E-state index is 12.3. The molecule has 0 fully saturated rings. The third-order valence-electron chi connectivity index (χ3n) is 3.37. The molecule has 1 unspecified atom stereocenters. The molecule has 0 saturated heterocycles. The van der Waals surface area contributed by atoms with Gasteiger partial charge in [0.05, 0.1) is 6.61 Å². The third-order valence-corrected chi connectivity index (χ3v) is 3.37. The van der Waals surface area contributed by atoms with Crippen LogP contribution in [0.15, 0.2) is 18.2 Å². The largest absolute Gasteiger partial charge is 0.493 e. The number of carbonyl (C=O) groups excluding carboxylic acids is 1. The van der Waals surface area contributed by atoms with Gasteiger partial charge in [0, 0.05) is 24.4 Å². The van der Waals surface area contributed by atoms with Crippen molar-refractivity contribution in [2.75, 3.05) is 13.2 Å². The van der Waals surface area contributed by atoms with E-state index in [1.807, 2.05) is 32.0 Å². The summed E-state index contributed by atoms with van der Waals surface area (Å²) in [6.45, 7) is 5.19. The van der Waals surface area contributed by atoms with Crippen LogP contribution < -0.4 is 10.5 Å². The van der Waals surface area contributed by atoms with Gasteiger partial charge in [0.15, 0.2) is 5.78 Å². The Hall–Kier alpha value is -1.35. The first kappa shape index (κ1) is 12.1. The van der Waals surface area contributed by atoms with Crippen LogP contribution in [0.3, 0.4) is 0 Å². The summed E-state index contributed by atoms with van der Waals surface area (Å²) in [5.41, 5.74) is 7.58. The Bertz CT molecular complexity index is 426. The predicted molar refractivity (Wildman–Crippen MR) is 67.4 cm³/mol. The zero-order chi connectivity index (χ0) is 12.4. The molecule has 1 aliphatic heterocycles. The normalized spacial score (nSPS) is 15.5. The van der Waals surface area contributed by atoms with Crippen LogP contribution in [-0.4, -0.2) is 18.9 Å². The number of ketones is 1. The molecule has 0 spiro atoms. The van der Waals surface area contributed by atoms with Crippen molar-refractivity contribution < 1.29 is 9.53 Å². The van der Waals surface area contributed by atoms with Crippen LogP contribution in [0.1, 0.15) is 29.8 Å². The molecule has 0 bridgehead atoms. The van der Waals surface area contributed by atoms with Gasteiger partial charge in [0.1, 0.15) is 5.75 Å². The molecular weight excluding hydrogens is 214 g/mol. The summed E-state index contributed by atoms with van der Waals surface area (Å²) in [5.74, 6) is 1.25. The monoisotopic (exact) mass is 233 g/mol. The lowest BCUT2D eigenvalue weighted by atomic mass is 9.87. The van der Waals surface area contributed by atoms with Crippen LogP contribution in [-0.2, 0) is 6.42 Å². The van der Waals surface area contributed by atoms with Crippen molar-refractivity contribution >= 4 is 5.78 Å². The molecule has 1 heterocycles. The van der Waals surface area contributed by atoms with E-state index in [2.05, 4.69) is 0 Å². The fraction of sp³-hybridized carbons (Fsp3) is 0.500. The summed E-state index contributed by atoms with van der Waals surface area (Å²) in [6, 6.07) is 5.69. The Labute approximate surface area is 102 Å². The lowest BCUT2D eigenvalue weighted by Gasteiger charge is -2.17. The molecule has 0 aliphatic carbocycles. The molecular formula is C14H19NO2. The van der Waals surface area contributed by atoms with Gasteiger partial charge in [-0.15, -0.1) is 0 Å². The van der Waals surface area contributed by atoms with Gasteiger partial charge in [0.2, 0.25) is 0 Å². The second kappa shape index (κ2) is 4.88. The Morgan fingerprint density at radius 2 is 2.24 bits per heavy atom. The molecule has 0 aromatic heterocycles. The minimum absolute atomic E-state index is 0.0876. The molecule has 2 N–H and O–H groups in total. The molecule has 3 nitrogen and oxygen atoms in total. The summed E-state index contributed by atoms with van der Waals surface area (Å²) < 4.78 is 5.43. The first-order valence-corrected chi connectivity index (χ1v) is 6.13.